The second-order valence-electron chi connectivity index (χ2n) is 5.74. The van der Waals surface area contributed by atoms with Gasteiger partial charge in [-0.2, -0.15) is 5.10 Å². The molecule has 2 heterocycles. The quantitative estimate of drug-likeness (QED) is 0.485. The normalized spacial score (nSPS) is 11.0. The molecular formula is C18H14ClN5O2S. The van der Waals surface area contributed by atoms with E-state index in [1.165, 1.54) is 0 Å². The Balaban J connectivity index is 1.42. The fourth-order valence-electron chi connectivity index (χ4n) is 2.55. The third-order valence-electron chi connectivity index (χ3n) is 3.95. The average Bonchev–Trinajstić information content (AvgIpc) is 3.30. The Morgan fingerprint density at radius 2 is 2.07 bits per heavy atom. The van der Waals surface area contributed by atoms with Gasteiger partial charge in [0.2, 0.25) is 5.91 Å². The van der Waals surface area contributed by atoms with Crippen LogP contribution in [0.15, 0.2) is 52.1 Å². The number of amides is 1. The summed E-state index contributed by atoms with van der Waals surface area (Å²) in [5.41, 5.74) is 2.98. The molecular weight excluding hydrogens is 386 g/mol. The minimum atomic E-state index is -0.185. The molecule has 1 amide bonds. The van der Waals surface area contributed by atoms with Crippen LogP contribution >= 0.6 is 23.4 Å². The lowest BCUT2D eigenvalue weighted by Gasteiger charge is -2.08. The first-order valence-corrected chi connectivity index (χ1v) is 9.43. The molecule has 2 N–H and O–H groups in total. The smallest absolute Gasteiger partial charge is 0.277 e. The lowest BCUT2D eigenvalue weighted by molar-refractivity contribution is -0.113. The molecule has 9 heteroatoms. The molecule has 27 heavy (non-hydrogen) atoms. The number of thioether (sulfide) groups is 1. The third kappa shape index (κ3) is 3.67. The Hall–Kier alpha value is -2.84. The van der Waals surface area contributed by atoms with Gasteiger partial charge in [0.15, 0.2) is 5.69 Å². The number of anilines is 1. The Kier molecular flexibility index (Phi) is 4.83. The van der Waals surface area contributed by atoms with Crippen LogP contribution in [0.4, 0.5) is 5.69 Å². The van der Waals surface area contributed by atoms with E-state index in [-0.39, 0.29) is 11.7 Å². The summed E-state index contributed by atoms with van der Waals surface area (Å²) >= 11 is 7.22. The number of benzene rings is 2. The molecule has 0 fully saturated rings. The van der Waals surface area contributed by atoms with Crippen molar-refractivity contribution in [3.8, 4) is 11.6 Å². The van der Waals surface area contributed by atoms with Gasteiger partial charge in [0, 0.05) is 16.1 Å². The summed E-state index contributed by atoms with van der Waals surface area (Å²) in [4.78, 5) is 12.2. The molecule has 0 saturated heterocycles. The molecule has 0 atom stereocenters. The molecule has 0 aliphatic heterocycles. The monoisotopic (exact) mass is 399 g/mol. The Bertz CT molecular complexity index is 1120. The van der Waals surface area contributed by atoms with Crippen LogP contribution in [0.1, 0.15) is 5.56 Å². The molecule has 0 aliphatic carbocycles. The molecule has 2 aromatic heterocycles. The molecule has 0 radical (unpaired) electrons. The van der Waals surface area contributed by atoms with Gasteiger partial charge >= 0.3 is 0 Å². The van der Waals surface area contributed by atoms with Crippen LogP contribution in [-0.4, -0.2) is 32.1 Å². The standard InChI is InChI=1S/C18H14ClN5O2S/c1-10-12(19)6-4-8-13(10)20-15(25)9-27-18-24-23-17(26-18)16-11-5-2-3-7-14(11)21-22-16/h2-8H,9H2,1H3,(H,20,25)(H,21,22). The van der Waals surface area contributed by atoms with Gasteiger partial charge in [-0.3, -0.25) is 9.89 Å². The molecule has 4 rings (SSSR count). The minimum Gasteiger partial charge on any atom is -0.409 e. The van der Waals surface area contributed by atoms with E-state index < -0.39 is 0 Å². The maximum Gasteiger partial charge on any atom is 0.277 e. The molecule has 0 bridgehead atoms. The van der Waals surface area contributed by atoms with Crippen molar-refractivity contribution in [2.45, 2.75) is 12.1 Å². The van der Waals surface area contributed by atoms with Crippen LogP contribution < -0.4 is 5.32 Å². The maximum absolute atomic E-state index is 12.2. The fourth-order valence-corrected chi connectivity index (χ4v) is 3.28. The summed E-state index contributed by atoms with van der Waals surface area (Å²) in [5, 5.41) is 19.8. The average molecular weight is 400 g/mol. The molecule has 0 aliphatic rings. The van der Waals surface area contributed by atoms with Gasteiger partial charge in [-0.25, -0.2) is 0 Å². The number of aromatic amines is 1. The molecule has 0 saturated carbocycles. The van der Waals surface area contributed by atoms with Gasteiger partial charge in [0.1, 0.15) is 0 Å². The number of H-pyrrole nitrogens is 1. The van der Waals surface area contributed by atoms with Crippen molar-refractivity contribution >= 4 is 45.9 Å². The summed E-state index contributed by atoms with van der Waals surface area (Å²) in [6.07, 6.45) is 0. The van der Waals surface area contributed by atoms with E-state index in [1.807, 2.05) is 31.2 Å². The highest BCUT2D eigenvalue weighted by molar-refractivity contribution is 7.99. The summed E-state index contributed by atoms with van der Waals surface area (Å²) in [5.74, 6) is 0.255. The van der Waals surface area contributed by atoms with Crippen molar-refractivity contribution in [2.24, 2.45) is 0 Å². The zero-order valence-electron chi connectivity index (χ0n) is 14.2. The number of aromatic nitrogens is 4. The van der Waals surface area contributed by atoms with Crippen LogP contribution in [0.5, 0.6) is 0 Å². The second kappa shape index (κ2) is 7.42. The summed E-state index contributed by atoms with van der Waals surface area (Å²) < 4.78 is 5.64. The van der Waals surface area contributed by atoms with Crippen molar-refractivity contribution in [1.29, 1.82) is 0 Å². The summed E-state index contributed by atoms with van der Waals surface area (Å²) in [6, 6.07) is 13.0. The lowest BCUT2D eigenvalue weighted by Crippen LogP contribution is -2.14. The van der Waals surface area contributed by atoms with Gasteiger partial charge in [0.25, 0.3) is 11.1 Å². The summed E-state index contributed by atoms with van der Waals surface area (Å²) in [6.45, 7) is 1.85. The maximum atomic E-state index is 12.2. The first kappa shape index (κ1) is 17.6. The number of halogens is 1. The first-order valence-electron chi connectivity index (χ1n) is 8.06. The molecule has 0 spiro atoms. The third-order valence-corrected chi connectivity index (χ3v) is 5.18. The number of carbonyl (C=O) groups excluding carboxylic acids is 1. The first-order chi connectivity index (χ1) is 13.1. The van der Waals surface area contributed by atoms with Crippen molar-refractivity contribution in [2.75, 3.05) is 11.1 Å². The number of carbonyl (C=O) groups is 1. The lowest BCUT2D eigenvalue weighted by atomic mass is 10.2. The van der Waals surface area contributed by atoms with E-state index in [9.17, 15) is 4.79 Å². The predicted octanol–water partition coefficient (Wildman–Crippen LogP) is 4.31. The SMILES string of the molecule is Cc1c(Cl)cccc1NC(=O)CSc1nnc(-c2n[nH]c3ccccc23)o1. The molecule has 7 nitrogen and oxygen atoms in total. The number of hydrogen-bond donors (Lipinski definition) is 2. The second-order valence-corrected chi connectivity index (χ2v) is 7.07. The van der Waals surface area contributed by atoms with Crippen LogP contribution in [0.25, 0.3) is 22.5 Å². The highest BCUT2D eigenvalue weighted by Gasteiger charge is 2.16. The van der Waals surface area contributed by atoms with Crippen molar-refractivity contribution in [3.63, 3.8) is 0 Å². The zero-order valence-corrected chi connectivity index (χ0v) is 15.8. The van der Waals surface area contributed by atoms with Gasteiger partial charge in [-0.15, -0.1) is 10.2 Å². The minimum absolute atomic E-state index is 0.134. The number of para-hydroxylation sites is 1. The Labute approximate surface area is 163 Å². The Morgan fingerprint density at radius 1 is 1.22 bits per heavy atom. The molecule has 136 valence electrons. The van der Waals surface area contributed by atoms with Gasteiger partial charge in [-0.05, 0) is 30.7 Å². The number of hydrogen-bond acceptors (Lipinski definition) is 6. The van der Waals surface area contributed by atoms with Gasteiger partial charge in [-0.1, -0.05) is 47.6 Å². The van der Waals surface area contributed by atoms with Crippen molar-refractivity contribution in [1.82, 2.24) is 20.4 Å². The van der Waals surface area contributed by atoms with Gasteiger partial charge in [0.05, 0.1) is 11.3 Å². The largest absolute Gasteiger partial charge is 0.409 e. The predicted molar refractivity (Wildman–Crippen MR) is 105 cm³/mol. The fraction of sp³-hybridized carbons (Fsp3) is 0.111. The number of rotatable bonds is 5. The van der Waals surface area contributed by atoms with Crippen LogP contribution in [0.3, 0.4) is 0 Å². The zero-order chi connectivity index (χ0) is 18.8. The van der Waals surface area contributed by atoms with E-state index in [0.717, 1.165) is 28.2 Å². The van der Waals surface area contributed by atoms with E-state index in [4.69, 9.17) is 16.0 Å². The van der Waals surface area contributed by atoms with Crippen molar-refractivity contribution in [3.05, 3.63) is 53.1 Å². The number of nitrogens with zero attached hydrogens (tertiary/aromatic N) is 3. The number of nitrogens with one attached hydrogen (secondary N) is 2. The molecule has 2 aromatic carbocycles. The van der Waals surface area contributed by atoms with E-state index in [2.05, 4.69) is 25.7 Å². The van der Waals surface area contributed by atoms with Crippen LogP contribution in [-0.2, 0) is 4.79 Å². The van der Waals surface area contributed by atoms with E-state index in [1.54, 1.807) is 18.2 Å². The highest BCUT2D eigenvalue weighted by atomic mass is 35.5. The molecule has 4 aromatic rings. The topological polar surface area (TPSA) is 96.7 Å². The highest BCUT2D eigenvalue weighted by Crippen LogP contribution is 2.28. The Morgan fingerprint density at radius 3 is 2.96 bits per heavy atom. The van der Waals surface area contributed by atoms with E-state index in [0.29, 0.717) is 27.5 Å². The van der Waals surface area contributed by atoms with Crippen molar-refractivity contribution < 1.29 is 9.21 Å². The van der Waals surface area contributed by atoms with Crippen LogP contribution in [0.2, 0.25) is 5.02 Å². The molecule has 0 unspecified atom stereocenters. The summed E-state index contributed by atoms with van der Waals surface area (Å²) in [7, 11) is 0. The van der Waals surface area contributed by atoms with E-state index >= 15 is 0 Å². The van der Waals surface area contributed by atoms with Crippen LogP contribution in [0, 0.1) is 6.92 Å². The number of fused-ring (bicyclic) bond motifs is 1. The van der Waals surface area contributed by atoms with Gasteiger partial charge < -0.3 is 9.73 Å².